The summed E-state index contributed by atoms with van der Waals surface area (Å²) in [6.07, 6.45) is 2.03. The molecule has 160 valence electrons. The lowest BCUT2D eigenvalue weighted by atomic mass is 9.79. The molecule has 1 aromatic rings. The summed E-state index contributed by atoms with van der Waals surface area (Å²) in [5, 5.41) is 6.60. The second kappa shape index (κ2) is 8.44. The minimum absolute atomic E-state index is 0.0253. The van der Waals surface area contributed by atoms with Crippen molar-refractivity contribution in [2.75, 3.05) is 20.1 Å². The Balaban J connectivity index is 1.68. The minimum Gasteiger partial charge on any atom is -0.353 e. The van der Waals surface area contributed by atoms with E-state index in [9.17, 15) is 9.59 Å². The summed E-state index contributed by atoms with van der Waals surface area (Å²) in [6, 6.07) is 9.89. The maximum absolute atomic E-state index is 13.2. The van der Waals surface area contributed by atoms with Crippen molar-refractivity contribution in [1.82, 2.24) is 20.4 Å². The number of rotatable bonds is 5. The highest BCUT2D eigenvalue weighted by Gasteiger charge is 2.41. The van der Waals surface area contributed by atoms with Crippen LogP contribution in [-0.2, 0) is 16.1 Å². The predicted octanol–water partition coefficient (Wildman–Crippen LogP) is 2.14. The number of piperidine rings is 1. The van der Waals surface area contributed by atoms with Gasteiger partial charge in [0.05, 0.1) is 12.5 Å². The molecule has 2 saturated heterocycles. The molecule has 0 unspecified atom stereocenters. The summed E-state index contributed by atoms with van der Waals surface area (Å²) in [6.45, 7) is 10.8. The fourth-order valence-electron chi connectivity index (χ4n) is 5.05. The molecule has 0 aliphatic carbocycles. The third-order valence-corrected chi connectivity index (χ3v) is 6.15. The molecule has 29 heavy (non-hydrogen) atoms. The zero-order valence-electron chi connectivity index (χ0n) is 18.5. The smallest absolute Gasteiger partial charge is 0.237 e. The maximum atomic E-state index is 13.2. The normalized spacial score (nSPS) is 24.7. The number of amides is 2. The molecule has 2 N–H and O–H groups in total. The van der Waals surface area contributed by atoms with Crippen LogP contribution < -0.4 is 10.6 Å². The van der Waals surface area contributed by atoms with Gasteiger partial charge in [0, 0.05) is 43.8 Å². The Morgan fingerprint density at radius 2 is 1.76 bits per heavy atom. The van der Waals surface area contributed by atoms with E-state index in [-0.39, 0.29) is 35.4 Å². The molecule has 2 aliphatic heterocycles. The fraction of sp³-hybridized carbons (Fsp3) is 0.652. The Morgan fingerprint density at radius 3 is 2.38 bits per heavy atom. The monoisotopic (exact) mass is 400 g/mol. The van der Waals surface area contributed by atoms with Gasteiger partial charge in [-0.15, -0.1) is 0 Å². The van der Waals surface area contributed by atoms with Crippen LogP contribution in [0.5, 0.6) is 0 Å². The number of carbonyl (C=O) groups is 2. The van der Waals surface area contributed by atoms with E-state index in [2.05, 4.69) is 55.4 Å². The van der Waals surface area contributed by atoms with Gasteiger partial charge < -0.3 is 15.5 Å². The average Bonchev–Trinajstić information content (AvgIpc) is 2.62. The van der Waals surface area contributed by atoms with Gasteiger partial charge in [0.2, 0.25) is 11.8 Å². The molecule has 1 atom stereocenters. The largest absolute Gasteiger partial charge is 0.353 e. The number of carbonyl (C=O) groups excluding carboxylic acids is 2. The van der Waals surface area contributed by atoms with Crippen LogP contribution in [-0.4, -0.2) is 64.9 Å². The van der Waals surface area contributed by atoms with E-state index in [0.717, 1.165) is 24.9 Å². The van der Waals surface area contributed by atoms with Crippen molar-refractivity contribution in [3.63, 3.8) is 0 Å². The Labute approximate surface area is 175 Å². The first kappa shape index (κ1) is 21.8. The van der Waals surface area contributed by atoms with Crippen LogP contribution in [0.1, 0.15) is 52.5 Å². The molecule has 2 aliphatic rings. The van der Waals surface area contributed by atoms with Crippen LogP contribution in [0.15, 0.2) is 30.3 Å². The van der Waals surface area contributed by atoms with Crippen LogP contribution in [0.25, 0.3) is 0 Å². The third-order valence-electron chi connectivity index (χ3n) is 6.15. The van der Waals surface area contributed by atoms with Crippen molar-refractivity contribution >= 4 is 11.8 Å². The number of nitrogens with one attached hydrogen (secondary N) is 2. The van der Waals surface area contributed by atoms with E-state index in [1.165, 1.54) is 0 Å². The lowest BCUT2D eigenvalue weighted by Gasteiger charge is -2.49. The molecule has 0 saturated carbocycles. The Morgan fingerprint density at radius 1 is 1.14 bits per heavy atom. The maximum Gasteiger partial charge on any atom is 0.237 e. The number of hydrogen-bond acceptors (Lipinski definition) is 4. The van der Waals surface area contributed by atoms with Gasteiger partial charge >= 0.3 is 0 Å². The molecule has 6 heteroatoms. The minimum atomic E-state index is -0.415. The van der Waals surface area contributed by atoms with E-state index >= 15 is 0 Å². The average molecular weight is 401 g/mol. The second-order valence-electron chi connectivity index (χ2n) is 9.93. The lowest BCUT2D eigenvalue weighted by Crippen LogP contribution is -2.63. The fourth-order valence-corrected chi connectivity index (χ4v) is 5.05. The second-order valence-corrected chi connectivity index (χ2v) is 9.93. The highest BCUT2D eigenvalue weighted by Crippen LogP contribution is 2.31. The molecule has 0 bridgehead atoms. The molecular weight excluding hydrogens is 364 g/mol. The number of hydrogen-bond donors (Lipinski definition) is 2. The predicted molar refractivity (Wildman–Crippen MR) is 115 cm³/mol. The van der Waals surface area contributed by atoms with Crippen molar-refractivity contribution in [1.29, 1.82) is 0 Å². The van der Waals surface area contributed by atoms with Gasteiger partial charge in [0.15, 0.2) is 0 Å². The van der Waals surface area contributed by atoms with E-state index in [4.69, 9.17) is 0 Å². The van der Waals surface area contributed by atoms with Gasteiger partial charge in [-0.1, -0.05) is 30.3 Å². The Hall–Kier alpha value is -1.92. The third kappa shape index (κ3) is 5.58. The van der Waals surface area contributed by atoms with Gasteiger partial charge in [-0.05, 0) is 46.1 Å². The molecule has 2 fully saturated rings. The topological polar surface area (TPSA) is 64.7 Å². The zero-order valence-corrected chi connectivity index (χ0v) is 18.5. The highest BCUT2D eigenvalue weighted by atomic mass is 16.2. The van der Waals surface area contributed by atoms with Crippen molar-refractivity contribution < 1.29 is 9.59 Å². The van der Waals surface area contributed by atoms with E-state index < -0.39 is 6.04 Å². The molecule has 2 amide bonds. The summed E-state index contributed by atoms with van der Waals surface area (Å²) in [7, 11) is 1.90. The molecule has 6 nitrogen and oxygen atoms in total. The van der Waals surface area contributed by atoms with Gasteiger partial charge in [-0.3, -0.25) is 14.5 Å². The van der Waals surface area contributed by atoms with Crippen molar-refractivity contribution in [2.45, 2.75) is 76.7 Å². The van der Waals surface area contributed by atoms with Gasteiger partial charge in [-0.2, -0.15) is 0 Å². The van der Waals surface area contributed by atoms with Crippen LogP contribution in [0, 0.1) is 0 Å². The first-order valence-corrected chi connectivity index (χ1v) is 10.7. The van der Waals surface area contributed by atoms with E-state index in [0.29, 0.717) is 13.1 Å². The summed E-state index contributed by atoms with van der Waals surface area (Å²) in [5.41, 5.74) is 1.11. The SMILES string of the molecule is CN(C(=O)C[C@@H]1C(=O)NCCN1Cc1ccccc1)C1CC(C)(C)NC(C)(C)C1. The molecule has 0 radical (unpaired) electrons. The van der Waals surface area contributed by atoms with E-state index in [1.54, 1.807) is 0 Å². The lowest BCUT2D eigenvalue weighted by molar-refractivity contribution is -0.140. The molecule has 1 aromatic carbocycles. The van der Waals surface area contributed by atoms with Crippen LogP contribution in [0.3, 0.4) is 0 Å². The van der Waals surface area contributed by atoms with Gasteiger partial charge in [0.1, 0.15) is 0 Å². The van der Waals surface area contributed by atoms with E-state index in [1.807, 2.05) is 30.1 Å². The number of nitrogens with zero attached hydrogens (tertiary/aromatic N) is 2. The molecule has 2 heterocycles. The summed E-state index contributed by atoms with van der Waals surface area (Å²) in [4.78, 5) is 29.8. The molecule has 0 aromatic heterocycles. The molecule has 0 spiro atoms. The Kier molecular flexibility index (Phi) is 6.34. The highest BCUT2D eigenvalue weighted by molar-refractivity contribution is 5.88. The summed E-state index contributed by atoms with van der Waals surface area (Å²) in [5.74, 6) is 0.00325. The molecular formula is C23H36N4O2. The standard InChI is InChI=1S/C23H36N4O2/c1-22(2)14-18(15-23(3,4)25-22)26(5)20(28)13-19-21(29)24-11-12-27(19)16-17-9-7-6-8-10-17/h6-10,18-19,25H,11-16H2,1-5H3,(H,24,29)/t19-/m1/s1. The van der Waals surface area contributed by atoms with Crippen LogP contribution >= 0.6 is 0 Å². The van der Waals surface area contributed by atoms with Crippen molar-refractivity contribution in [3.05, 3.63) is 35.9 Å². The summed E-state index contributed by atoms with van der Waals surface area (Å²) < 4.78 is 0. The van der Waals surface area contributed by atoms with Gasteiger partial charge in [-0.25, -0.2) is 0 Å². The first-order chi connectivity index (χ1) is 13.6. The van der Waals surface area contributed by atoms with Crippen LogP contribution in [0.4, 0.5) is 0 Å². The molecule has 3 rings (SSSR count). The van der Waals surface area contributed by atoms with Crippen molar-refractivity contribution in [3.8, 4) is 0 Å². The quantitative estimate of drug-likeness (QED) is 0.795. The van der Waals surface area contributed by atoms with Crippen LogP contribution in [0.2, 0.25) is 0 Å². The zero-order chi connectivity index (χ0) is 21.2. The number of benzene rings is 1. The van der Waals surface area contributed by atoms with Crippen molar-refractivity contribution in [2.24, 2.45) is 0 Å². The Bertz CT molecular complexity index is 716. The van der Waals surface area contributed by atoms with Gasteiger partial charge in [0.25, 0.3) is 0 Å². The summed E-state index contributed by atoms with van der Waals surface area (Å²) >= 11 is 0. The first-order valence-electron chi connectivity index (χ1n) is 10.7. The number of piperazine rings is 1.